The van der Waals surface area contributed by atoms with Crippen molar-refractivity contribution in [3.63, 3.8) is 0 Å². The van der Waals surface area contributed by atoms with Gasteiger partial charge in [0.2, 0.25) is 0 Å². The standard InChI is InChI=1S/C20H28N2O/c1-2-20(16-21,10-11-22-12-14-23-15-13-22)19-9-5-7-17-6-3-4-8-18(17)19/h3-9H,2,10-16,21H2,1H3/t20-/m1/s1. The molecule has 3 rings (SSSR count). The Morgan fingerprint density at radius 2 is 1.83 bits per heavy atom. The number of fused-ring (bicyclic) bond motifs is 1. The van der Waals surface area contributed by atoms with Crippen LogP contribution in [0.15, 0.2) is 42.5 Å². The molecule has 2 aromatic rings. The van der Waals surface area contributed by atoms with Crippen molar-refractivity contribution in [3.8, 4) is 0 Å². The molecule has 1 aliphatic heterocycles. The Morgan fingerprint density at radius 3 is 2.57 bits per heavy atom. The van der Waals surface area contributed by atoms with Crippen molar-refractivity contribution in [1.82, 2.24) is 4.90 Å². The Bertz CT molecular complexity index is 625. The summed E-state index contributed by atoms with van der Waals surface area (Å²) in [6.07, 6.45) is 2.18. The number of ether oxygens (including phenoxy) is 1. The van der Waals surface area contributed by atoms with Gasteiger partial charge in [-0.1, -0.05) is 49.4 Å². The maximum absolute atomic E-state index is 6.31. The largest absolute Gasteiger partial charge is 0.379 e. The van der Waals surface area contributed by atoms with E-state index in [0.717, 1.165) is 45.7 Å². The van der Waals surface area contributed by atoms with Crippen LogP contribution in [0.2, 0.25) is 0 Å². The van der Waals surface area contributed by atoms with Crippen molar-refractivity contribution in [2.24, 2.45) is 5.73 Å². The van der Waals surface area contributed by atoms with Crippen LogP contribution in [0.1, 0.15) is 25.3 Å². The molecular formula is C20H28N2O. The van der Waals surface area contributed by atoms with Crippen LogP contribution >= 0.6 is 0 Å². The Hall–Kier alpha value is -1.42. The summed E-state index contributed by atoms with van der Waals surface area (Å²) < 4.78 is 5.46. The van der Waals surface area contributed by atoms with Crippen LogP contribution in [-0.2, 0) is 10.2 Å². The predicted molar refractivity (Wildman–Crippen MR) is 96.8 cm³/mol. The number of hydrogen-bond acceptors (Lipinski definition) is 3. The molecule has 0 saturated carbocycles. The van der Waals surface area contributed by atoms with Gasteiger partial charge in [0.1, 0.15) is 0 Å². The summed E-state index contributed by atoms with van der Waals surface area (Å²) in [6.45, 7) is 7.86. The summed E-state index contributed by atoms with van der Waals surface area (Å²) in [4.78, 5) is 2.51. The number of morpholine rings is 1. The Morgan fingerprint density at radius 1 is 1.09 bits per heavy atom. The van der Waals surface area contributed by atoms with Gasteiger partial charge in [0.15, 0.2) is 0 Å². The quantitative estimate of drug-likeness (QED) is 0.890. The highest BCUT2D eigenvalue weighted by atomic mass is 16.5. The summed E-state index contributed by atoms with van der Waals surface area (Å²) in [5.74, 6) is 0. The zero-order chi connectivity index (χ0) is 16.1. The normalized spacial score (nSPS) is 18.9. The van der Waals surface area contributed by atoms with Gasteiger partial charge in [0, 0.05) is 25.0 Å². The van der Waals surface area contributed by atoms with E-state index < -0.39 is 0 Å². The fourth-order valence-electron chi connectivity index (χ4n) is 3.74. The van der Waals surface area contributed by atoms with Crippen LogP contribution in [0.3, 0.4) is 0 Å². The van der Waals surface area contributed by atoms with Gasteiger partial charge in [0.25, 0.3) is 0 Å². The predicted octanol–water partition coefficient (Wildman–Crippen LogP) is 3.17. The Balaban J connectivity index is 1.89. The van der Waals surface area contributed by atoms with Crippen molar-refractivity contribution in [2.75, 3.05) is 39.4 Å². The molecule has 1 fully saturated rings. The molecule has 0 aliphatic carbocycles. The first-order valence-electron chi connectivity index (χ1n) is 8.77. The fourth-order valence-corrected chi connectivity index (χ4v) is 3.74. The summed E-state index contributed by atoms with van der Waals surface area (Å²) in [7, 11) is 0. The second-order valence-corrected chi connectivity index (χ2v) is 6.57. The van der Waals surface area contributed by atoms with Crippen LogP contribution < -0.4 is 5.73 Å². The lowest BCUT2D eigenvalue weighted by atomic mass is 9.73. The molecule has 0 unspecified atom stereocenters. The third-order valence-electron chi connectivity index (χ3n) is 5.44. The monoisotopic (exact) mass is 312 g/mol. The Labute approximate surface area is 139 Å². The first-order chi connectivity index (χ1) is 11.3. The van der Waals surface area contributed by atoms with Gasteiger partial charge in [-0.25, -0.2) is 0 Å². The van der Waals surface area contributed by atoms with Gasteiger partial charge in [-0.05, 0) is 35.7 Å². The van der Waals surface area contributed by atoms with Crippen molar-refractivity contribution in [2.45, 2.75) is 25.2 Å². The zero-order valence-corrected chi connectivity index (χ0v) is 14.1. The number of nitrogens with zero attached hydrogens (tertiary/aromatic N) is 1. The number of nitrogens with two attached hydrogens (primary N) is 1. The minimum absolute atomic E-state index is 0.0547. The van der Waals surface area contributed by atoms with Crippen LogP contribution in [0, 0.1) is 0 Å². The van der Waals surface area contributed by atoms with Crippen LogP contribution in [-0.4, -0.2) is 44.3 Å². The Kier molecular flexibility index (Phi) is 5.31. The molecular weight excluding hydrogens is 284 g/mol. The molecule has 0 spiro atoms. The highest BCUT2D eigenvalue weighted by Gasteiger charge is 2.31. The highest BCUT2D eigenvalue weighted by Crippen LogP contribution is 2.36. The minimum Gasteiger partial charge on any atom is -0.379 e. The highest BCUT2D eigenvalue weighted by molar-refractivity contribution is 5.86. The van der Waals surface area contributed by atoms with Gasteiger partial charge < -0.3 is 10.5 Å². The second-order valence-electron chi connectivity index (χ2n) is 6.57. The molecule has 124 valence electrons. The molecule has 1 atom stereocenters. The van der Waals surface area contributed by atoms with Crippen molar-refractivity contribution < 1.29 is 4.74 Å². The second kappa shape index (κ2) is 7.43. The summed E-state index contributed by atoms with van der Waals surface area (Å²) in [5, 5.41) is 2.66. The van der Waals surface area contributed by atoms with E-state index in [-0.39, 0.29) is 5.41 Å². The molecule has 23 heavy (non-hydrogen) atoms. The molecule has 1 saturated heterocycles. The van der Waals surface area contributed by atoms with Crippen LogP contribution in [0.4, 0.5) is 0 Å². The van der Waals surface area contributed by atoms with E-state index in [4.69, 9.17) is 10.5 Å². The van der Waals surface area contributed by atoms with E-state index in [0.29, 0.717) is 6.54 Å². The van der Waals surface area contributed by atoms with Crippen molar-refractivity contribution in [1.29, 1.82) is 0 Å². The lowest BCUT2D eigenvalue weighted by Crippen LogP contribution is -2.42. The molecule has 0 amide bonds. The average Bonchev–Trinajstić information content (AvgIpc) is 2.64. The van der Waals surface area contributed by atoms with E-state index in [2.05, 4.69) is 54.3 Å². The first-order valence-corrected chi connectivity index (χ1v) is 8.77. The van der Waals surface area contributed by atoms with Gasteiger partial charge >= 0.3 is 0 Å². The molecule has 3 heteroatoms. The topological polar surface area (TPSA) is 38.5 Å². The third kappa shape index (κ3) is 3.42. The molecule has 0 radical (unpaired) electrons. The van der Waals surface area contributed by atoms with Gasteiger partial charge in [-0.2, -0.15) is 0 Å². The maximum atomic E-state index is 6.31. The van der Waals surface area contributed by atoms with E-state index in [9.17, 15) is 0 Å². The first kappa shape index (κ1) is 16.4. The molecule has 0 aromatic heterocycles. The van der Waals surface area contributed by atoms with E-state index in [1.807, 2.05) is 0 Å². The average molecular weight is 312 g/mol. The van der Waals surface area contributed by atoms with Crippen LogP contribution in [0.25, 0.3) is 10.8 Å². The van der Waals surface area contributed by atoms with Crippen molar-refractivity contribution in [3.05, 3.63) is 48.0 Å². The van der Waals surface area contributed by atoms with E-state index in [1.165, 1.54) is 16.3 Å². The molecule has 1 heterocycles. The van der Waals surface area contributed by atoms with Gasteiger partial charge in [-0.3, -0.25) is 4.90 Å². The summed E-state index contributed by atoms with van der Waals surface area (Å²) in [5.41, 5.74) is 7.78. The third-order valence-corrected chi connectivity index (χ3v) is 5.44. The lowest BCUT2D eigenvalue weighted by Gasteiger charge is -2.36. The zero-order valence-electron chi connectivity index (χ0n) is 14.1. The molecule has 2 N–H and O–H groups in total. The summed E-state index contributed by atoms with van der Waals surface area (Å²) in [6, 6.07) is 15.3. The number of rotatable bonds is 6. The minimum atomic E-state index is 0.0547. The summed E-state index contributed by atoms with van der Waals surface area (Å²) >= 11 is 0. The SMILES string of the molecule is CC[C@](CN)(CCN1CCOCC1)c1cccc2ccccc12. The molecule has 2 aromatic carbocycles. The molecule has 1 aliphatic rings. The number of hydrogen-bond donors (Lipinski definition) is 1. The smallest absolute Gasteiger partial charge is 0.0594 e. The molecule has 0 bridgehead atoms. The van der Waals surface area contributed by atoms with E-state index in [1.54, 1.807) is 0 Å². The van der Waals surface area contributed by atoms with E-state index >= 15 is 0 Å². The van der Waals surface area contributed by atoms with Gasteiger partial charge in [-0.15, -0.1) is 0 Å². The fraction of sp³-hybridized carbons (Fsp3) is 0.500. The number of benzene rings is 2. The van der Waals surface area contributed by atoms with Crippen molar-refractivity contribution >= 4 is 10.8 Å². The van der Waals surface area contributed by atoms with Crippen LogP contribution in [0.5, 0.6) is 0 Å². The lowest BCUT2D eigenvalue weighted by molar-refractivity contribution is 0.0343. The maximum Gasteiger partial charge on any atom is 0.0594 e. The van der Waals surface area contributed by atoms with Gasteiger partial charge in [0.05, 0.1) is 13.2 Å². The molecule has 3 nitrogen and oxygen atoms in total.